The molecule has 0 unspecified atom stereocenters. The van der Waals surface area contributed by atoms with Crippen LogP contribution in [-0.2, 0) is 0 Å². The van der Waals surface area contributed by atoms with Gasteiger partial charge >= 0.3 is 0 Å². The first-order valence-electron chi connectivity index (χ1n) is 5.88. The SMILES string of the molecule is O[C@H]1C[C@H](c2cccc(F)c2)c2ccc(Cl)cc21. The zero-order chi connectivity index (χ0) is 12.7. The maximum absolute atomic E-state index is 13.3. The van der Waals surface area contributed by atoms with E-state index in [0.29, 0.717) is 11.4 Å². The highest BCUT2D eigenvalue weighted by atomic mass is 35.5. The average Bonchev–Trinajstić information content (AvgIpc) is 2.67. The van der Waals surface area contributed by atoms with Gasteiger partial charge in [0.2, 0.25) is 0 Å². The summed E-state index contributed by atoms with van der Waals surface area (Å²) in [6, 6.07) is 12.1. The summed E-state index contributed by atoms with van der Waals surface area (Å²) in [6.45, 7) is 0. The van der Waals surface area contributed by atoms with Gasteiger partial charge in [-0.3, -0.25) is 0 Å². The first-order valence-corrected chi connectivity index (χ1v) is 6.26. The minimum Gasteiger partial charge on any atom is -0.388 e. The summed E-state index contributed by atoms with van der Waals surface area (Å²) in [7, 11) is 0. The molecule has 1 aliphatic rings. The normalized spacial score (nSPS) is 21.9. The lowest BCUT2D eigenvalue weighted by atomic mass is 9.93. The minimum absolute atomic E-state index is 0.0444. The molecule has 1 nitrogen and oxygen atoms in total. The van der Waals surface area contributed by atoms with Crippen molar-refractivity contribution in [1.29, 1.82) is 0 Å². The van der Waals surface area contributed by atoms with E-state index in [1.165, 1.54) is 12.1 Å². The summed E-state index contributed by atoms with van der Waals surface area (Å²) in [5.74, 6) is -0.202. The molecule has 0 radical (unpaired) electrons. The summed E-state index contributed by atoms with van der Waals surface area (Å²) in [5.41, 5.74) is 2.80. The van der Waals surface area contributed by atoms with E-state index in [0.717, 1.165) is 16.7 Å². The fraction of sp³-hybridized carbons (Fsp3) is 0.200. The number of hydrogen-bond donors (Lipinski definition) is 1. The first-order chi connectivity index (χ1) is 8.65. The van der Waals surface area contributed by atoms with Crippen molar-refractivity contribution in [3.05, 3.63) is 70.0 Å². The minimum atomic E-state index is -0.521. The number of hydrogen-bond acceptors (Lipinski definition) is 1. The molecule has 0 spiro atoms. The van der Waals surface area contributed by atoms with Crippen molar-refractivity contribution >= 4 is 11.6 Å². The van der Waals surface area contributed by atoms with Gasteiger partial charge in [0.15, 0.2) is 0 Å². The quantitative estimate of drug-likeness (QED) is 0.822. The molecule has 2 aromatic rings. The molecule has 0 saturated heterocycles. The number of halogens is 2. The third-order valence-corrected chi connectivity index (χ3v) is 3.73. The van der Waals surface area contributed by atoms with E-state index in [9.17, 15) is 9.50 Å². The second-order valence-corrected chi connectivity index (χ2v) is 5.07. The van der Waals surface area contributed by atoms with Gasteiger partial charge in [-0.1, -0.05) is 29.8 Å². The van der Waals surface area contributed by atoms with Crippen LogP contribution < -0.4 is 0 Å². The molecule has 0 aromatic heterocycles. The third kappa shape index (κ3) is 1.92. The van der Waals surface area contributed by atoms with Gasteiger partial charge < -0.3 is 5.11 Å². The number of aliphatic hydroxyl groups is 1. The van der Waals surface area contributed by atoms with Crippen LogP contribution in [0.15, 0.2) is 42.5 Å². The Bertz CT molecular complexity index is 597. The Morgan fingerprint density at radius 3 is 2.72 bits per heavy atom. The highest BCUT2D eigenvalue weighted by Gasteiger charge is 2.30. The van der Waals surface area contributed by atoms with Gasteiger partial charge in [-0.2, -0.15) is 0 Å². The maximum Gasteiger partial charge on any atom is 0.123 e. The summed E-state index contributed by atoms with van der Waals surface area (Å²) in [5, 5.41) is 10.7. The van der Waals surface area contributed by atoms with Crippen LogP contribution >= 0.6 is 11.6 Å². The van der Waals surface area contributed by atoms with Crippen molar-refractivity contribution in [3.8, 4) is 0 Å². The van der Waals surface area contributed by atoms with Gasteiger partial charge in [-0.05, 0) is 47.4 Å². The summed E-state index contributed by atoms with van der Waals surface area (Å²) < 4.78 is 13.3. The molecular weight excluding hydrogens is 251 g/mol. The van der Waals surface area contributed by atoms with Crippen LogP contribution in [0.4, 0.5) is 4.39 Å². The molecular formula is C15H12ClFO. The molecule has 0 heterocycles. The Kier molecular flexibility index (Phi) is 2.84. The van der Waals surface area contributed by atoms with Crippen LogP contribution in [0.2, 0.25) is 5.02 Å². The van der Waals surface area contributed by atoms with Gasteiger partial charge in [-0.15, -0.1) is 0 Å². The molecule has 0 fully saturated rings. The molecule has 3 rings (SSSR count). The maximum atomic E-state index is 13.3. The Morgan fingerprint density at radius 2 is 1.94 bits per heavy atom. The predicted octanol–water partition coefficient (Wildman–Crippen LogP) is 4.05. The Morgan fingerprint density at radius 1 is 1.11 bits per heavy atom. The van der Waals surface area contributed by atoms with Crippen molar-refractivity contribution in [2.75, 3.05) is 0 Å². The first kappa shape index (κ1) is 11.7. The largest absolute Gasteiger partial charge is 0.388 e. The van der Waals surface area contributed by atoms with Crippen LogP contribution in [0.25, 0.3) is 0 Å². The van der Waals surface area contributed by atoms with E-state index < -0.39 is 6.10 Å². The van der Waals surface area contributed by atoms with E-state index in [-0.39, 0.29) is 11.7 Å². The van der Waals surface area contributed by atoms with Crippen LogP contribution in [0.1, 0.15) is 35.1 Å². The standard InChI is InChI=1S/C15H12ClFO/c16-10-4-5-12-13(8-15(18)14(12)7-10)9-2-1-3-11(17)6-9/h1-7,13,15,18H,8H2/t13-,15+/m1/s1. The molecule has 2 aromatic carbocycles. The molecule has 2 atom stereocenters. The number of aliphatic hydroxyl groups excluding tert-OH is 1. The second kappa shape index (κ2) is 4.38. The fourth-order valence-electron chi connectivity index (χ4n) is 2.67. The van der Waals surface area contributed by atoms with Crippen molar-refractivity contribution in [1.82, 2.24) is 0 Å². The monoisotopic (exact) mass is 262 g/mol. The number of benzene rings is 2. The van der Waals surface area contributed by atoms with Gasteiger partial charge in [0.05, 0.1) is 6.10 Å². The highest BCUT2D eigenvalue weighted by Crippen LogP contribution is 2.44. The van der Waals surface area contributed by atoms with Crippen molar-refractivity contribution < 1.29 is 9.50 Å². The Labute approximate surface area is 110 Å². The smallest absolute Gasteiger partial charge is 0.123 e. The highest BCUT2D eigenvalue weighted by molar-refractivity contribution is 6.30. The molecule has 0 saturated carbocycles. The van der Waals surface area contributed by atoms with Crippen molar-refractivity contribution in [2.24, 2.45) is 0 Å². The van der Waals surface area contributed by atoms with E-state index in [1.54, 1.807) is 12.1 Å². The Balaban J connectivity index is 2.08. The molecule has 0 aliphatic heterocycles. The van der Waals surface area contributed by atoms with Crippen LogP contribution in [-0.4, -0.2) is 5.11 Å². The third-order valence-electron chi connectivity index (χ3n) is 3.49. The zero-order valence-corrected chi connectivity index (χ0v) is 10.4. The van der Waals surface area contributed by atoms with Gasteiger partial charge in [0.25, 0.3) is 0 Å². The molecule has 3 heteroatoms. The lowest BCUT2D eigenvalue weighted by Crippen LogP contribution is -1.97. The van der Waals surface area contributed by atoms with Crippen molar-refractivity contribution in [2.45, 2.75) is 18.4 Å². The lowest BCUT2D eigenvalue weighted by molar-refractivity contribution is 0.176. The number of rotatable bonds is 1. The molecule has 1 N–H and O–H groups in total. The molecule has 1 aliphatic carbocycles. The van der Waals surface area contributed by atoms with E-state index in [2.05, 4.69) is 0 Å². The Hall–Kier alpha value is -1.38. The summed E-state index contributed by atoms with van der Waals surface area (Å²) in [4.78, 5) is 0. The molecule has 18 heavy (non-hydrogen) atoms. The van der Waals surface area contributed by atoms with E-state index in [1.807, 2.05) is 18.2 Å². The molecule has 0 amide bonds. The average molecular weight is 263 g/mol. The second-order valence-electron chi connectivity index (χ2n) is 4.63. The van der Waals surface area contributed by atoms with E-state index >= 15 is 0 Å². The van der Waals surface area contributed by atoms with Gasteiger partial charge in [0, 0.05) is 10.9 Å². The van der Waals surface area contributed by atoms with Crippen LogP contribution in [0.5, 0.6) is 0 Å². The predicted molar refractivity (Wildman–Crippen MR) is 69.3 cm³/mol. The van der Waals surface area contributed by atoms with Crippen molar-refractivity contribution in [3.63, 3.8) is 0 Å². The number of fused-ring (bicyclic) bond motifs is 1. The summed E-state index contributed by atoms with van der Waals surface area (Å²) >= 11 is 5.94. The molecule has 0 bridgehead atoms. The van der Waals surface area contributed by atoms with Crippen LogP contribution in [0.3, 0.4) is 0 Å². The lowest BCUT2D eigenvalue weighted by Gasteiger charge is -2.11. The fourth-order valence-corrected chi connectivity index (χ4v) is 2.85. The summed E-state index contributed by atoms with van der Waals surface area (Å²) in [6.07, 6.45) is 0.0611. The molecule has 92 valence electrons. The van der Waals surface area contributed by atoms with Gasteiger partial charge in [0.1, 0.15) is 5.82 Å². The topological polar surface area (TPSA) is 20.2 Å². The van der Waals surface area contributed by atoms with Crippen LogP contribution in [0, 0.1) is 5.82 Å². The van der Waals surface area contributed by atoms with E-state index in [4.69, 9.17) is 11.6 Å². The zero-order valence-electron chi connectivity index (χ0n) is 9.61. The van der Waals surface area contributed by atoms with Gasteiger partial charge in [-0.25, -0.2) is 4.39 Å².